The first-order valence-corrected chi connectivity index (χ1v) is 12.6. The van der Waals surface area contributed by atoms with Crippen molar-refractivity contribution in [1.82, 2.24) is 9.78 Å². The largest absolute Gasteiger partial charge is 0.851 e. The van der Waals surface area contributed by atoms with E-state index in [-0.39, 0.29) is 11.0 Å². The molecule has 0 amide bonds. The van der Waals surface area contributed by atoms with Crippen LogP contribution in [0.1, 0.15) is 49.9 Å². The Bertz CT molecular complexity index is 1340. The molecule has 2 heterocycles. The van der Waals surface area contributed by atoms with Gasteiger partial charge in [-0.15, -0.1) is 12.2 Å². The number of nitrogens with zero attached hydrogens (tertiary/aromatic N) is 2. The number of para-hydroxylation sites is 1. The predicted octanol–water partition coefficient (Wildman–Crippen LogP) is 2.61. The predicted molar refractivity (Wildman–Crippen MR) is 137 cm³/mol. The first-order chi connectivity index (χ1) is 17.2. The lowest BCUT2D eigenvalue weighted by atomic mass is 9.64. The number of benzene rings is 2. The van der Waals surface area contributed by atoms with Crippen LogP contribution in [-0.2, 0) is 11.8 Å². The van der Waals surface area contributed by atoms with E-state index in [2.05, 4.69) is 23.8 Å². The van der Waals surface area contributed by atoms with Crippen LogP contribution in [0.2, 0.25) is 0 Å². The summed E-state index contributed by atoms with van der Waals surface area (Å²) in [5.41, 5.74) is 4.14. The third-order valence-electron chi connectivity index (χ3n) is 7.91. The summed E-state index contributed by atoms with van der Waals surface area (Å²) in [5, 5.41) is 30.3. The van der Waals surface area contributed by atoms with Crippen LogP contribution < -0.4 is 25.4 Å². The Morgan fingerprint density at radius 1 is 1.11 bits per heavy atom. The van der Waals surface area contributed by atoms with Gasteiger partial charge in [0, 0.05) is 35.1 Å². The monoisotopic (exact) mass is 487 g/mol. The summed E-state index contributed by atoms with van der Waals surface area (Å²) >= 11 is 0. The van der Waals surface area contributed by atoms with Gasteiger partial charge in [0.25, 0.3) is 5.56 Å². The van der Waals surface area contributed by atoms with Crippen LogP contribution in [0.25, 0.3) is 5.69 Å². The SMILES string of the molecule is CCCc1[nH]n(-c2ccccc2)c(=O)c1C1C([O-])C(C=C2N(C)c3ccc(OC)cc3C2(C)C)C1[O-]. The van der Waals surface area contributed by atoms with Crippen LogP contribution in [-0.4, -0.2) is 36.1 Å². The maximum Gasteiger partial charge on any atom is 0.274 e. The molecule has 7 nitrogen and oxygen atoms in total. The molecule has 0 bridgehead atoms. The second kappa shape index (κ2) is 8.98. The molecule has 1 aliphatic carbocycles. The second-order valence-corrected chi connectivity index (χ2v) is 10.4. The van der Waals surface area contributed by atoms with Crippen LogP contribution in [0.15, 0.2) is 65.1 Å². The minimum Gasteiger partial charge on any atom is -0.851 e. The number of likely N-dealkylation sites (N-methyl/N-ethyl adjacent to an activating group) is 1. The summed E-state index contributed by atoms with van der Waals surface area (Å²) in [7, 11) is 3.61. The Balaban J connectivity index is 1.49. The summed E-state index contributed by atoms with van der Waals surface area (Å²) in [4.78, 5) is 15.5. The van der Waals surface area contributed by atoms with E-state index in [0.29, 0.717) is 23.4 Å². The number of nitrogens with one attached hydrogen (secondary N) is 1. The van der Waals surface area contributed by atoms with Crippen molar-refractivity contribution >= 4 is 5.69 Å². The van der Waals surface area contributed by atoms with Crippen molar-refractivity contribution < 1.29 is 14.9 Å². The van der Waals surface area contributed by atoms with Gasteiger partial charge in [0.05, 0.1) is 12.8 Å². The van der Waals surface area contributed by atoms with Gasteiger partial charge in [-0.25, -0.2) is 4.68 Å². The van der Waals surface area contributed by atoms with Gasteiger partial charge >= 0.3 is 0 Å². The highest BCUT2D eigenvalue weighted by Gasteiger charge is 2.44. The number of ether oxygens (including phenoxy) is 1. The topological polar surface area (TPSA) is 96.4 Å². The molecule has 1 aromatic heterocycles. The number of H-pyrrole nitrogens is 1. The summed E-state index contributed by atoms with van der Waals surface area (Å²) < 4.78 is 6.88. The molecule has 0 radical (unpaired) electrons. The van der Waals surface area contributed by atoms with Crippen molar-refractivity contribution in [2.24, 2.45) is 5.92 Å². The van der Waals surface area contributed by atoms with Crippen LogP contribution >= 0.6 is 0 Å². The number of methoxy groups -OCH3 is 1. The lowest BCUT2D eigenvalue weighted by Crippen LogP contribution is -2.65. The fourth-order valence-corrected chi connectivity index (χ4v) is 5.89. The minimum atomic E-state index is -1.18. The van der Waals surface area contributed by atoms with Crippen molar-refractivity contribution in [2.75, 3.05) is 19.1 Å². The van der Waals surface area contributed by atoms with Gasteiger partial charge in [-0.3, -0.25) is 9.89 Å². The van der Waals surface area contributed by atoms with E-state index in [1.807, 2.05) is 68.6 Å². The molecule has 1 saturated carbocycles. The molecule has 2 atom stereocenters. The van der Waals surface area contributed by atoms with E-state index in [9.17, 15) is 15.0 Å². The molecular formula is C29H33N3O4-2. The van der Waals surface area contributed by atoms with Gasteiger partial charge in [-0.2, -0.15) is 0 Å². The molecule has 36 heavy (non-hydrogen) atoms. The maximum absolute atomic E-state index is 13.5. The molecule has 2 unspecified atom stereocenters. The van der Waals surface area contributed by atoms with Crippen molar-refractivity contribution in [2.45, 2.75) is 57.2 Å². The van der Waals surface area contributed by atoms with E-state index in [4.69, 9.17) is 4.74 Å². The lowest BCUT2D eigenvalue weighted by molar-refractivity contribution is -0.543. The molecule has 0 saturated heterocycles. The Kier molecular flexibility index (Phi) is 6.09. The fourth-order valence-electron chi connectivity index (χ4n) is 5.89. The van der Waals surface area contributed by atoms with E-state index >= 15 is 0 Å². The van der Waals surface area contributed by atoms with Crippen LogP contribution in [0.5, 0.6) is 5.75 Å². The zero-order chi connectivity index (χ0) is 25.8. The van der Waals surface area contributed by atoms with Gasteiger partial charge in [0.1, 0.15) is 5.75 Å². The molecule has 1 aliphatic heterocycles. The maximum atomic E-state index is 13.5. The highest BCUT2D eigenvalue weighted by molar-refractivity contribution is 5.71. The second-order valence-electron chi connectivity index (χ2n) is 10.4. The zero-order valence-electron chi connectivity index (χ0n) is 21.4. The average molecular weight is 488 g/mol. The van der Waals surface area contributed by atoms with Gasteiger partial charge in [-0.1, -0.05) is 51.5 Å². The van der Waals surface area contributed by atoms with Gasteiger partial charge in [-0.05, 0) is 54.2 Å². The van der Waals surface area contributed by atoms with Gasteiger partial charge < -0.3 is 19.8 Å². The molecule has 5 rings (SSSR count). The van der Waals surface area contributed by atoms with Crippen LogP contribution in [0.3, 0.4) is 0 Å². The number of allylic oxidation sites excluding steroid dienone is 1. The van der Waals surface area contributed by atoms with E-state index < -0.39 is 24.0 Å². The van der Waals surface area contributed by atoms with Crippen molar-refractivity contribution in [3.05, 3.63) is 87.5 Å². The third-order valence-corrected chi connectivity index (χ3v) is 7.91. The number of rotatable bonds is 6. The molecule has 2 aromatic carbocycles. The molecule has 2 aliphatic rings. The Labute approximate surface area is 211 Å². The standard InChI is InChI=1S/C29H33N3O4/c1-6-10-21-24(28(35)32(30-21)17-11-8-7-9-12-17)25-26(33)19(27(25)34)16-23-29(2,3)20-15-18(36-5)13-14-22(20)31(23)4/h7-9,11-16,19,25-27,30H,6,10H2,1-5H3/q-2. The number of anilines is 1. The Hall–Kier alpha value is -3.29. The molecular weight excluding hydrogens is 454 g/mol. The highest BCUT2D eigenvalue weighted by atomic mass is 16.5. The summed E-state index contributed by atoms with van der Waals surface area (Å²) in [6, 6.07) is 15.2. The summed E-state index contributed by atoms with van der Waals surface area (Å²) in [6.07, 6.45) is 0.922. The quantitative estimate of drug-likeness (QED) is 0.577. The van der Waals surface area contributed by atoms with Crippen molar-refractivity contribution in [3.63, 3.8) is 0 Å². The minimum absolute atomic E-state index is 0.291. The van der Waals surface area contributed by atoms with Gasteiger partial charge in [0.2, 0.25) is 0 Å². The number of fused-ring (bicyclic) bond motifs is 1. The van der Waals surface area contributed by atoms with Crippen molar-refractivity contribution in [3.8, 4) is 11.4 Å². The smallest absolute Gasteiger partial charge is 0.274 e. The van der Waals surface area contributed by atoms with E-state index in [1.54, 1.807) is 7.11 Å². The molecule has 1 N–H and O–H groups in total. The zero-order valence-corrected chi connectivity index (χ0v) is 21.4. The normalized spacial score (nSPS) is 25.6. The lowest BCUT2D eigenvalue weighted by Gasteiger charge is -2.60. The number of aromatic nitrogens is 2. The molecule has 3 aromatic rings. The first kappa shape index (κ1) is 24.4. The van der Waals surface area contributed by atoms with Crippen LogP contribution in [0, 0.1) is 5.92 Å². The first-order valence-electron chi connectivity index (χ1n) is 12.6. The molecule has 1 fully saturated rings. The molecule has 0 spiro atoms. The summed E-state index contributed by atoms with van der Waals surface area (Å²) in [6.45, 7) is 6.21. The van der Waals surface area contributed by atoms with E-state index in [0.717, 1.165) is 29.1 Å². The summed E-state index contributed by atoms with van der Waals surface area (Å²) in [5.74, 6) is -0.787. The number of aromatic amines is 1. The van der Waals surface area contributed by atoms with Crippen LogP contribution in [0.4, 0.5) is 5.69 Å². The number of hydrogen-bond acceptors (Lipinski definition) is 5. The fraction of sp³-hybridized carbons (Fsp3) is 0.414. The molecule has 7 heteroatoms. The number of hydrogen-bond donors (Lipinski definition) is 1. The third kappa shape index (κ3) is 3.61. The van der Waals surface area contributed by atoms with Crippen molar-refractivity contribution in [1.29, 1.82) is 0 Å². The Morgan fingerprint density at radius 3 is 2.44 bits per heavy atom. The van der Waals surface area contributed by atoms with Gasteiger partial charge in [0.15, 0.2) is 0 Å². The average Bonchev–Trinajstić information content (AvgIpc) is 3.28. The highest BCUT2D eigenvalue weighted by Crippen LogP contribution is 2.50. The number of aryl methyl sites for hydroxylation is 1. The van der Waals surface area contributed by atoms with E-state index in [1.165, 1.54) is 4.68 Å². The molecule has 190 valence electrons. The Morgan fingerprint density at radius 2 is 1.81 bits per heavy atom.